The second-order valence-corrected chi connectivity index (χ2v) is 6.50. The molecule has 0 bridgehead atoms. The number of fused-ring (bicyclic) bond motifs is 2. The van der Waals surface area contributed by atoms with Gasteiger partial charge in [0.05, 0.1) is 11.3 Å². The van der Waals surface area contributed by atoms with Crippen molar-refractivity contribution in [1.82, 2.24) is 4.98 Å². The van der Waals surface area contributed by atoms with Crippen molar-refractivity contribution in [3.8, 4) is 11.5 Å². The van der Waals surface area contributed by atoms with Crippen LogP contribution < -0.4 is 4.74 Å². The lowest BCUT2D eigenvalue weighted by Crippen LogP contribution is -2.07. The van der Waals surface area contributed by atoms with E-state index in [1.54, 1.807) is 6.08 Å². The van der Waals surface area contributed by atoms with Crippen molar-refractivity contribution >= 4 is 45.0 Å². The quantitative estimate of drug-likeness (QED) is 0.324. The van der Waals surface area contributed by atoms with Gasteiger partial charge in [-0.15, -0.1) is 0 Å². The smallest absolute Gasteiger partial charge is 0.190 e. The molecule has 0 radical (unpaired) electrons. The Labute approximate surface area is 154 Å². The first-order valence-corrected chi connectivity index (χ1v) is 8.60. The molecule has 0 aliphatic heterocycles. The molecular weight excluding hydrogens is 346 g/mol. The fourth-order valence-electron chi connectivity index (χ4n) is 3.48. The fraction of sp³-hybridized carbons (Fsp3) is 0. The molecule has 1 heterocycles. The normalized spacial score (nSPS) is 12.7. The van der Waals surface area contributed by atoms with Crippen LogP contribution in [0.3, 0.4) is 0 Å². The SMILES string of the molecule is O=C1C=Cc2nc(Cl)cc3c2c1c(Oc1ccccc1)c1ccccc13. The fourth-order valence-corrected chi connectivity index (χ4v) is 3.68. The summed E-state index contributed by atoms with van der Waals surface area (Å²) in [6, 6.07) is 19.1. The summed E-state index contributed by atoms with van der Waals surface area (Å²) < 4.78 is 6.20. The number of ether oxygens (including phenoxy) is 1. The number of allylic oxidation sites excluding steroid dienone is 1. The average Bonchev–Trinajstić information content (AvgIpc) is 2.67. The van der Waals surface area contributed by atoms with Gasteiger partial charge in [-0.3, -0.25) is 4.79 Å². The van der Waals surface area contributed by atoms with Crippen molar-refractivity contribution in [3.63, 3.8) is 0 Å². The number of aromatic nitrogens is 1. The minimum absolute atomic E-state index is 0.0942. The van der Waals surface area contributed by atoms with Gasteiger partial charge in [-0.25, -0.2) is 4.98 Å². The third-order valence-electron chi connectivity index (χ3n) is 4.56. The van der Waals surface area contributed by atoms with E-state index >= 15 is 0 Å². The zero-order valence-corrected chi connectivity index (χ0v) is 14.3. The van der Waals surface area contributed by atoms with Gasteiger partial charge in [0, 0.05) is 10.8 Å². The van der Waals surface area contributed by atoms with E-state index in [0.29, 0.717) is 27.9 Å². The van der Waals surface area contributed by atoms with Crippen LogP contribution in [-0.2, 0) is 0 Å². The molecule has 0 atom stereocenters. The maximum absolute atomic E-state index is 12.8. The molecule has 0 amide bonds. The second kappa shape index (κ2) is 5.68. The molecule has 0 saturated heterocycles. The molecule has 0 unspecified atom stereocenters. The lowest BCUT2D eigenvalue weighted by molar-refractivity contribution is 0.104. The molecular formula is C22H12ClNO2. The molecule has 26 heavy (non-hydrogen) atoms. The van der Waals surface area contributed by atoms with Crippen LogP contribution in [-0.4, -0.2) is 10.8 Å². The molecule has 3 aromatic carbocycles. The first kappa shape index (κ1) is 15.1. The number of hydrogen-bond acceptors (Lipinski definition) is 3. The summed E-state index contributed by atoms with van der Waals surface area (Å²) >= 11 is 6.22. The van der Waals surface area contributed by atoms with Gasteiger partial charge in [-0.1, -0.05) is 54.1 Å². The Bertz CT molecular complexity index is 1230. The highest BCUT2D eigenvalue weighted by molar-refractivity contribution is 6.33. The highest BCUT2D eigenvalue weighted by Crippen LogP contribution is 2.43. The van der Waals surface area contributed by atoms with E-state index < -0.39 is 0 Å². The zero-order chi connectivity index (χ0) is 17.7. The minimum Gasteiger partial charge on any atom is -0.456 e. The van der Waals surface area contributed by atoms with Gasteiger partial charge in [0.2, 0.25) is 0 Å². The standard InChI is InChI=1S/C22H12ClNO2/c23-19-12-16-14-8-4-5-9-15(14)22(26-13-6-2-1-3-7-13)21-18(25)11-10-17(24-19)20(16)21/h1-12H. The third kappa shape index (κ3) is 2.21. The molecule has 1 aromatic heterocycles. The Hall–Kier alpha value is -3.17. The van der Waals surface area contributed by atoms with Gasteiger partial charge in [-0.05, 0) is 41.1 Å². The van der Waals surface area contributed by atoms with Gasteiger partial charge in [0.1, 0.15) is 16.7 Å². The van der Waals surface area contributed by atoms with E-state index in [1.165, 1.54) is 6.08 Å². The predicted octanol–water partition coefficient (Wildman–Crippen LogP) is 6.04. The highest BCUT2D eigenvalue weighted by Gasteiger charge is 2.25. The number of halogens is 1. The Balaban J connectivity index is 1.95. The van der Waals surface area contributed by atoms with Crippen LogP contribution in [0.5, 0.6) is 11.5 Å². The van der Waals surface area contributed by atoms with Gasteiger partial charge >= 0.3 is 0 Å². The molecule has 4 aromatic rings. The Morgan fingerprint density at radius 3 is 2.38 bits per heavy atom. The first-order chi connectivity index (χ1) is 12.7. The number of benzene rings is 3. The zero-order valence-electron chi connectivity index (χ0n) is 13.6. The third-order valence-corrected chi connectivity index (χ3v) is 4.75. The molecule has 124 valence electrons. The molecule has 0 fully saturated rings. The summed E-state index contributed by atoms with van der Waals surface area (Å²) in [5.41, 5.74) is 1.22. The molecule has 4 heteroatoms. The van der Waals surface area contributed by atoms with Crippen molar-refractivity contribution < 1.29 is 9.53 Å². The molecule has 3 nitrogen and oxygen atoms in total. The molecule has 1 aliphatic rings. The van der Waals surface area contributed by atoms with Crippen molar-refractivity contribution in [2.24, 2.45) is 0 Å². The number of carbonyl (C=O) groups is 1. The number of carbonyl (C=O) groups excluding carboxylic acids is 1. The Morgan fingerprint density at radius 2 is 1.58 bits per heavy atom. The average molecular weight is 358 g/mol. The highest BCUT2D eigenvalue weighted by atomic mass is 35.5. The largest absolute Gasteiger partial charge is 0.456 e. The van der Waals surface area contributed by atoms with Crippen LogP contribution in [0.4, 0.5) is 0 Å². The predicted molar refractivity (Wildman–Crippen MR) is 104 cm³/mol. The summed E-state index contributed by atoms with van der Waals surface area (Å²) in [5.74, 6) is 1.14. The van der Waals surface area contributed by atoms with E-state index in [-0.39, 0.29) is 5.78 Å². The molecule has 0 spiro atoms. The van der Waals surface area contributed by atoms with E-state index in [9.17, 15) is 4.79 Å². The van der Waals surface area contributed by atoms with Crippen LogP contribution in [0.2, 0.25) is 5.15 Å². The number of ketones is 1. The van der Waals surface area contributed by atoms with Gasteiger partial charge < -0.3 is 4.74 Å². The van der Waals surface area contributed by atoms with Crippen molar-refractivity contribution in [1.29, 1.82) is 0 Å². The van der Waals surface area contributed by atoms with Crippen molar-refractivity contribution in [2.75, 3.05) is 0 Å². The molecule has 5 rings (SSSR count). The topological polar surface area (TPSA) is 39.2 Å². The number of rotatable bonds is 2. The van der Waals surface area contributed by atoms with E-state index in [0.717, 1.165) is 21.5 Å². The molecule has 0 N–H and O–H groups in total. The number of pyridine rings is 1. The van der Waals surface area contributed by atoms with Crippen molar-refractivity contribution in [2.45, 2.75) is 0 Å². The minimum atomic E-state index is -0.0942. The van der Waals surface area contributed by atoms with Crippen molar-refractivity contribution in [3.05, 3.63) is 83.2 Å². The number of para-hydroxylation sites is 1. The summed E-state index contributed by atoms with van der Waals surface area (Å²) in [5, 5.41) is 3.94. The maximum atomic E-state index is 12.8. The summed E-state index contributed by atoms with van der Waals surface area (Å²) in [6.45, 7) is 0. The number of hydrogen-bond donors (Lipinski definition) is 0. The van der Waals surface area contributed by atoms with Crippen LogP contribution in [0.25, 0.3) is 27.6 Å². The van der Waals surface area contributed by atoms with E-state index in [1.807, 2.05) is 60.7 Å². The van der Waals surface area contributed by atoms with Crippen LogP contribution >= 0.6 is 11.6 Å². The van der Waals surface area contributed by atoms with Gasteiger partial charge in [0.25, 0.3) is 0 Å². The number of nitrogens with zero attached hydrogens (tertiary/aromatic N) is 1. The van der Waals surface area contributed by atoms with Crippen LogP contribution in [0, 0.1) is 0 Å². The summed E-state index contributed by atoms with van der Waals surface area (Å²) in [6.07, 6.45) is 3.23. The van der Waals surface area contributed by atoms with Crippen LogP contribution in [0.1, 0.15) is 16.1 Å². The lowest BCUT2D eigenvalue weighted by Gasteiger charge is -2.19. The van der Waals surface area contributed by atoms with E-state index in [2.05, 4.69) is 4.98 Å². The Morgan fingerprint density at radius 1 is 0.846 bits per heavy atom. The maximum Gasteiger partial charge on any atom is 0.190 e. The first-order valence-electron chi connectivity index (χ1n) is 8.22. The van der Waals surface area contributed by atoms with Gasteiger partial charge in [-0.2, -0.15) is 0 Å². The lowest BCUT2D eigenvalue weighted by atomic mass is 9.90. The second-order valence-electron chi connectivity index (χ2n) is 6.12. The molecule has 0 saturated carbocycles. The van der Waals surface area contributed by atoms with Crippen LogP contribution in [0.15, 0.2) is 66.7 Å². The summed E-state index contributed by atoms with van der Waals surface area (Å²) in [7, 11) is 0. The van der Waals surface area contributed by atoms with E-state index in [4.69, 9.17) is 16.3 Å². The Kier molecular flexibility index (Phi) is 3.30. The van der Waals surface area contributed by atoms with Gasteiger partial charge in [0.15, 0.2) is 5.78 Å². The summed E-state index contributed by atoms with van der Waals surface area (Å²) in [4.78, 5) is 17.2. The molecule has 1 aliphatic carbocycles. The monoisotopic (exact) mass is 357 g/mol.